The van der Waals surface area contributed by atoms with Gasteiger partial charge in [0.2, 0.25) is 5.91 Å². The van der Waals surface area contributed by atoms with E-state index in [1.54, 1.807) is 10.6 Å². The molecular weight excluding hydrogens is 302 g/mol. The summed E-state index contributed by atoms with van der Waals surface area (Å²) in [5.41, 5.74) is 3.60. The van der Waals surface area contributed by atoms with Crippen LogP contribution in [-0.4, -0.2) is 32.0 Å². The predicted molar refractivity (Wildman–Crippen MR) is 92.4 cm³/mol. The Morgan fingerprint density at radius 2 is 1.96 bits per heavy atom. The fourth-order valence-corrected chi connectivity index (χ4v) is 2.25. The number of nitrogens with one attached hydrogen (secondary N) is 1. The second-order valence-electron chi connectivity index (χ2n) is 5.54. The minimum atomic E-state index is -0.120. The van der Waals surface area contributed by atoms with Gasteiger partial charge < -0.3 is 5.32 Å². The Hall–Kier alpha value is -3.02. The van der Waals surface area contributed by atoms with E-state index in [1.807, 2.05) is 50.4 Å². The molecule has 24 heavy (non-hydrogen) atoms. The van der Waals surface area contributed by atoms with E-state index in [-0.39, 0.29) is 5.91 Å². The minimum absolute atomic E-state index is 0.120. The molecular formula is C18H19N5O. The Morgan fingerprint density at radius 1 is 1.17 bits per heavy atom. The molecule has 6 heteroatoms. The molecule has 122 valence electrons. The van der Waals surface area contributed by atoms with Crippen molar-refractivity contribution in [3.8, 4) is 0 Å². The summed E-state index contributed by atoms with van der Waals surface area (Å²) in [6, 6.07) is 9.72. The maximum Gasteiger partial charge on any atom is 0.251 e. The number of carbonyl (C=O) groups excluding carboxylic acids is 1. The molecule has 6 nitrogen and oxygen atoms in total. The van der Waals surface area contributed by atoms with Crippen molar-refractivity contribution < 1.29 is 4.79 Å². The fraction of sp³-hybridized carbons (Fsp3) is 0.222. The van der Waals surface area contributed by atoms with Crippen LogP contribution in [0, 0.1) is 13.8 Å². The molecule has 0 saturated carbocycles. The zero-order chi connectivity index (χ0) is 16.9. The molecule has 0 aliphatic carbocycles. The van der Waals surface area contributed by atoms with Crippen molar-refractivity contribution in [1.82, 2.24) is 24.9 Å². The number of carbonyl (C=O) groups is 1. The first-order valence-electron chi connectivity index (χ1n) is 7.82. The molecule has 1 N–H and O–H groups in total. The van der Waals surface area contributed by atoms with Crippen LogP contribution in [0.1, 0.15) is 22.6 Å². The van der Waals surface area contributed by atoms with Gasteiger partial charge in [-0.3, -0.25) is 4.79 Å². The molecule has 0 fully saturated rings. The highest BCUT2D eigenvalue weighted by Gasteiger charge is 2.06. The van der Waals surface area contributed by atoms with Gasteiger partial charge in [-0.1, -0.05) is 30.3 Å². The number of aryl methyl sites for hydroxylation is 2. The SMILES string of the molecule is Cc1nc2nc(CCNC(=O)C=Cc3ccccc3)cn2nc1C. The van der Waals surface area contributed by atoms with Gasteiger partial charge in [-0.15, -0.1) is 0 Å². The van der Waals surface area contributed by atoms with Crippen LogP contribution in [0.5, 0.6) is 0 Å². The van der Waals surface area contributed by atoms with E-state index in [9.17, 15) is 4.79 Å². The van der Waals surface area contributed by atoms with E-state index >= 15 is 0 Å². The second-order valence-corrected chi connectivity index (χ2v) is 5.54. The number of rotatable bonds is 5. The van der Waals surface area contributed by atoms with Gasteiger partial charge in [-0.2, -0.15) is 5.10 Å². The van der Waals surface area contributed by atoms with E-state index in [0.29, 0.717) is 18.7 Å². The Morgan fingerprint density at radius 3 is 2.75 bits per heavy atom. The lowest BCUT2D eigenvalue weighted by Gasteiger charge is -1.99. The van der Waals surface area contributed by atoms with Gasteiger partial charge in [0.25, 0.3) is 5.78 Å². The summed E-state index contributed by atoms with van der Waals surface area (Å²) in [4.78, 5) is 20.6. The molecule has 1 aromatic carbocycles. The molecule has 0 radical (unpaired) electrons. The normalized spacial score (nSPS) is 11.2. The van der Waals surface area contributed by atoms with Crippen LogP contribution in [0.4, 0.5) is 0 Å². The third kappa shape index (κ3) is 3.84. The molecule has 0 aliphatic heterocycles. The van der Waals surface area contributed by atoms with Crippen LogP contribution < -0.4 is 5.32 Å². The lowest BCUT2D eigenvalue weighted by Crippen LogP contribution is -2.23. The quantitative estimate of drug-likeness (QED) is 0.731. The molecule has 0 bridgehead atoms. The van der Waals surface area contributed by atoms with E-state index in [1.165, 1.54) is 6.08 Å². The number of nitrogens with zero attached hydrogens (tertiary/aromatic N) is 4. The molecule has 0 unspecified atom stereocenters. The topological polar surface area (TPSA) is 72.2 Å². The number of amides is 1. The smallest absolute Gasteiger partial charge is 0.251 e. The minimum Gasteiger partial charge on any atom is -0.352 e. The molecule has 2 heterocycles. The van der Waals surface area contributed by atoms with Gasteiger partial charge in [0.05, 0.1) is 23.3 Å². The second kappa shape index (κ2) is 7.04. The Bertz CT molecular complexity index is 844. The lowest BCUT2D eigenvalue weighted by molar-refractivity contribution is -0.116. The van der Waals surface area contributed by atoms with Gasteiger partial charge in [0, 0.05) is 19.0 Å². The van der Waals surface area contributed by atoms with Gasteiger partial charge in [-0.05, 0) is 25.5 Å². The number of imidazole rings is 1. The number of hydrogen-bond acceptors (Lipinski definition) is 4. The van der Waals surface area contributed by atoms with Crippen molar-refractivity contribution in [2.45, 2.75) is 20.3 Å². The predicted octanol–water partition coefficient (Wildman–Crippen LogP) is 2.11. The molecule has 0 atom stereocenters. The fourth-order valence-electron chi connectivity index (χ4n) is 2.25. The molecule has 0 spiro atoms. The van der Waals surface area contributed by atoms with Crippen molar-refractivity contribution in [1.29, 1.82) is 0 Å². The van der Waals surface area contributed by atoms with Crippen molar-refractivity contribution in [3.05, 3.63) is 65.2 Å². The highest BCUT2D eigenvalue weighted by molar-refractivity contribution is 5.91. The summed E-state index contributed by atoms with van der Waals surface area (Å²) in [5.74, 6) is 0.467. The Kier molecular flexibility index (Phi) is 4.65. The first-order valence-corrected chi connectivity index (χ1v) is 7.82. The van der Waals surface area contributed by atoms with Crippen molar-refractivity contribution in [2.75, 3.05) is 6.54 Å². The molecule has 3 aromatic rings. The number of fused-ring (bicyclic) bond motifs is 1. The molecule has 3 rings (SSSR count). The van der Waals surface area contributed by atoms with Crippen LogP contribution in [0.2, 0.25) is 0 Å². The Balaban J connectivity index is 1.54. The zero-order valence-corrected chi connectivity index (χ0v) is 13.7. The highest BCUT2D eigenvalue weighted by atomic mass is 16.1. The van der Waals surface area contributed by atoms with Gasteiger partial charge in [-0.25, -0.2) is 14.5 Å². The Labute approximate surface area is 140 Å². The maximum absolute atomic E-state index is 11.8. The molecule has 2 aromatic heterocycles. The van der Waals surface area contributed by atoms with E-state index < -0.39 is 0 Å². The molecule has 0 aliphatic rings. The maximum atomic E-state index is 11.8. The summed E-state index contributed by atoms with van der Waals surface area (Å²) in [6.45, 7) is 4.34. The summed E-state index contributed by atoms with van der Waals surface area (Å²) in [5, 5.41) is 7.25. The van der Waals surface area contributed by atoms with E-state index in [0.717, 1.165) is 22.6 Å². The van der Waals surface area contributed by atoms with Crippen molar-refractivity contribution in [2.24, 2.45) is 0 Å². The van der Waals surface area contributed by atoms with E-state index in [4.69, 9.17) is 0 Å². The van der Waals surface area contributed by atoms with Gasteiger partial charge in [0.1, 0.15) is 0 Å². The number of aromatic nitrogens is 4. The first-order chi connectivity index (χ1) is 11.6. The standard InChI is InChI=1S/C18H19N5O/c1-13-14(2)22-23-12-16(21-18(23)20-13)10-11-19-17(24)9-8-15-6-4-3-5-7-15/h3-9,12H,10-11H2,1-2H3,(H,19,24). The van der Waals surface area contributed by atoms with Crippen LogP contribution in [0.25, 0.3) is 11.9 Å². The van der Waals surface area contributed by atoms with Crippen LogP contribution in [-0.2, 0) is 11.2 Å². The summed E-state index contributed by atoms with van der Waals surface area (Å²) in [7, 11) is 0. The largest absolute Gasteiger partial charge is 0.352 e. The van der Waals surface area contributed by atoms with Crippen LogP contribution in [0.3, 0.4) is 0 Å². The third-order valence-corrected chi connectivity index (χ3v) is 3.68. The van der Waals surface area contributed by atoms with Gasteiger partial charge in [0.15, 0.2) is 0 Å². The average Bonchev–Trinajstić information content (AvgIpc) is 2.96. The molecule has 1 amide bonds. The lowest BCUT2D eigenvalue weighted by atomic mass is 10.2. The monoisotopic (exact) mass is 321 g/mol. The van der Waals surface area contributed by atoms with Crippen LogP contribution in [0.15, 0.2) is 42.6 Å². The number of benzene rings is 1. The third-order valence-electron chi connectivity index (χ3n) is 3.68. The summed E-state index contributed by atoms with van der Waals surface area (Å²) < 4.78 is 1.68. The zero-order valence-electron chi connectivity index (χ0n) is 13.7. The molecule has 0 saturated heterocycles. The van der Waals surface area contributed by atoms with Gasteiger partial charge >= 0.3 is 0 Å². The first kappa shape index (κ1) is 15.9. The summed E-state index contributed by atoms with van der Waals surface area (Å²) in [6.07, 6.45) is 5.81. The van der Waals surface area contributed by atoms with Crippen molar-refractivity contribution >= 4 is 17.8 Å². The average molecular weight is 321 g/mol. The highest BCUT2D eigenvalue weighted by Crippen LogP contribution is 2.05. The number of hydrogen-bond donors (Lipinski definition) is 1. The van der Waals surface area contributed by atoms with Crippen LogP contribution >= 0.6 is 0 Å². The summed E-state index contributed by atoms with van der Waals surface area (Å²) >= 11 is 0. The van der Waals surface area contributed by atoms with E-state index in [2.05, 4.69) is 20.4 Å². The van der Waals surface area contributed by atoms with Crippen molar-refractivity contribution in [3.63, 3.8) is 0 Å².